The second kappa shape index (κ2) is 9.82. The van der Waals surface area contributed by atoms with Crippen molar-refractivity contribution in [3.63, 3.8) is 0 Å². The number of hydrogen-bond acceptors (Lipinski definition) is 7. The van der Waals surface area contributed by atoms with E-state index in [9.17, 15) is 8.42 Å². The predicted molar refractivity (Wildman–Crippen MR) is 104 cm³/mol. The number of benzene rings is 1. The Morgan fingerprint density at radius 1 is 1.30 bits per heavy atom. The van der Waals surface area contributed by atoms with Crippen LogP contribution < -0.4 is 10.1 Å². The molecule has 9 heteroatoms. The predicted octanol–water partition coefficient (Wildman–Crippen LogP) is 2.68. The average molecular weight is 413 g/mol. The van der Waals surface area contributed by atoms with Crippen LogP contribution in [0.1, 0.15) is 36.4 Å². The van der Waals surface area contributed by atoms with Crippen molar-refractivity contribution in [2.75, 3.05) is 19.3 Å². The smallest absolute Gasteiger partial charge is 0.300 e. The van der Waals surface area contributed by atoms with Gasteiger partial charge in [0.2, 0.25) is 0 Å². The van der Waals surface area contributed by atoms with Gasteiger partial charge in [-0.2, -0.15) is 0 Å². The summed E-state index contributed by atoms with van der Waals surface area (Å²) in [5.41, 5.74) is 0.927. The summed E-state index contributed by atoms with van der Waals surface area (Å²) in [5, 5.41) is 14.0. The molecule has 1 aliphatic heterocycles. The van der Waals surface area contributed by atoms with Crippen LogP contribution in [0.4, 0.5) is 0 Å². The third-order valence-electron chi connectivity index (χ3n) is 3.90. The van der Waals surface area contributed by atoms with Crippen LogP contribution in [0, 0.1) is 0 Å². The Morgan fingerprint density at radius 2 is 1.89 bits per heavy atom. The van der Waals surface area contributed by atoms with E-state index in [1.54, 1.807) is 35.6 Å². The Balaban J connectivity index is 0.000000596. The molecule has 0 bridgehead atoms. The molecular weight excluding hydrogens is 388 g/mol. The number of piperidine rings is 1. The summed E-state index contributed by atoms with van der Waals surface area (Å²) in [5.74, 6) is 0.373. The minimum atomic E-state index is -3.17. The first kappa shape index (κ1) is 21.3. The summed E-state index contributed by atoms with van der Waals surface area (Å²) >= 11 is 1.70. The zero-order chi connectivity index (χ0) is 19.9. The summed E-state index contributed by atoms with van der Waals surface area (Å²) in [6, 6.07) is 6.48. The third kappa shape index (κ3) is 7.28. The van der Waals surface area contributed by atoms with Crippen LogP contribution in [0.5, 0.6) is 5.75 Å². The van der Waals surface area contributed by atoms with Gasteiger partial charge in [-0.15, -0.1) is 11.3 Å². The molecule has 1 fully saturated rings. The van der Waals surface area contributed by atoms with Crippen LogP contribution in [0.15, 0.2) is 34.5 Å². The van der Waals surface area contributed by atoms with Gasteiger partial charge in [-0.05, 0) is 50.2 Å². The lowest BCUT2D eigenvalue weighted by atomic mass is 9.99. The monoisotopic (exact) mass is 412 g/mol. The van der Waals surface area contributed by atoms with Crippen molar-refractivity contribution in [2.24, 2.45) is 0 Å². The number of carbonyl (C=O) groups is 1. The number of rotatable bonds is 5. The molecule has 2 aromatic rings. The fourth-order valence-corrected chi connectivity index (χ4v) is 4.19. The van der Waals surface area contributed by atoms with Gasteiger partial charge in [0.1, 0.15) is 12.4 Å². The van der Waals surface area contributed by atoms with Gasteiger partial charge in [-0.3, -0.25) is 4.79 Å². The minimum absolute atomic E-state index is 0.298. The van der Waals surface area contributed by atoms with Crippen LogP contribution in [-0.4, -0.2) is 43.8 Å². The fraction of sp³-hybridized carbons (Fsp3) is 0.444. The number of sulfone groups is 1. The largest absolute Gasteiger partial charge is 0.487 e. The van der Waals surface area contributed by atoms with E-state index in [1.807, 2.05) is 5.38 Å². The maximum absolute atomic E-state index is 11.4. The SMILES string of the molecule is CC(=O)O.CS(=O)(=O)c1ccc(OCc2csc(C3CCNCC3)n2)cc1. The molecule has 1 aliphatic rings. The van der Waals surface area contributed by atoms with Gasteiger partial charge in [0.25, 0.3) is 5.97 Å². The van der Waals surface area contributed by atoms with Crippen molar-refractivity contribution in [3.05, 3.63) is 40.3 Å². The molecule has 0 radical (unpaired) electrons. The average Bonchev–Trinajstić information content (AvgIpc) is 3.09. The summed E-state index contributed by atoms with van der Waals surface area (Å²) in [4.78, 5) is 14.0. The zero-order valence-electron chi connectivity index (χ0n) is 15.3. The number of hydrogen-bond donors (Lipinski definition) is 2. The lowest BCUT2D eigenvalue weighted by molar-refractivity contribution is -0.134. The van der Waals surface area contributed by atoms with Crippen molar-refractivity contribution in [1.82, 2.24) is 10.3 Å². The number of thiazole rings is 1. The van der Waals surface area contributed by atoms with Gasteiger partial charge < -0.3 is 15.2 Å². The second-order valence-corrected chi connectivity index (χ2v) is 9.16. The van der Waals surface area contributed by atoms with Crippen molar-refractivity contribution >= 4 is 27.1 Å². The molecule has 2 N–H and O–H groups in total. The number of aliphatic carboxylic acids is 1. The molecule has 148 valence electrons. The van der Waals surface area contributed by atoms with E-state index >= 15 is 0 Å². The van der Waals surface area contributed by atoms with Crippen LogP contribution in [0.2, 0.25) is 0 Å². The first-order chi connectivity index (χ1) is 12.8. The number of ether oxygens (including phenoxy) is 1. The highest BCUT2D eigenvalue weighted by Crippen LogP contribution is 2.28. The molecule has 1 saturated heterocycles. The molecule has 0 aliphatic carbocycles. The van der Waals surface area contributed by atoms with Gasteiger partial charge >= 0.3 is 0 Å². The van der Waals surface area contributed by atoms with Gasteiger partial charge in [-0.25, -0.2) is 13.4 Å². The number of carboxylic acid groups (broad SMARTS) is 1. The molecule has 7 nitrogen and oxygen atoms in total. The molecule has 27 heavy (non-hydrogen) atoms. The summed E-state index contributed by atoms with van der Waals surface area (Å²) in [6.45, 7) is 3.60. The topological polar surface area (TPSA) is 106 Å². The van der Waals surface area contributed by atoms with E-state index in [4.69, 9.17) is 14.6 Å². The van der Waals surface area contributed by atoms with Crippen LogP contribution >= 0.6 is 11.3 Å². The Kier molecular flexibility index (Phi) is 7.76. The molecule has 3 rings (SSSR count). The summed E-state index contributed by atoms with van der Waals surface area (Å²) < 4.78 is 28.5. The fourth-order valence-electron chi connectivity index (χ4n) is 2.59. The Labute approximate surface area is 163 Å². The number of nitrogens with zero attached hydrogens (tertiary/aromatic N) is 1. The molecule has 0 spiro atoms. The van der Waals surface area contributed by atoms with Crippen LogP contribution in [-0.2, 0) is 21.2 Å². The Morgan fingerprint density at radius 3 is 2.44 bits per heavy atom. The highest BCUT2D eigenvalue weighted by molar-refractivity contribution is 7.90. The number of nitrogens with one attached hydrogen (secondary N) is 1. The zero-order valence-corrected chi connectivity index (χ0v) is 17.0. The molecule has 2 heterocycles. The first-order valence-corrected chi connectivity index (χ1v) is 11.3. The van der Waals surface area contributed by atoms with E-state index in [-0.39, 0.29) is 0 Å². The van der Waals surface area contributed by atoms with Gasteiger partial charge in [0, 0.05) is 24.5 Å². The molecule has 1 aromatic heterocycles. The maximum atomic E-state index is 11.4. The molecule has 1 aromatic carbocycles. The molecular formula is C18H24N2O5S2. The van der Waals surface area contributed by atoms with Crippen LogP contribution in [0.3, 0.4) is 0 Å². The first-order valence-electron chi connectivity index (χ1n) is 8.53. The molecule has 0 amide bonds. The van der Waals surface area contributed by atoms with Gasteiger partial charge in [-0.1, -0.05) is 0 Å². The van der Waals surface area contributed by atoms with Gasteiger partial charge in [0.15, 0.2) is 9.84 Å². The lowest BCUT2D eigenvalue weighted by Crippen LogP contribution is -2.26. The number of aromatic nitrogens is 1. The Hall–Kier alpha value is -1.97. The van der Waals surface area contributed by atoms with E-state index < -0.39 is 15.8 Å². The third-order valence-corrected chi connectivity index (χ3v) is 6.08. The molecule has 0 atom stereocenters. The molecule has 0 saturated carbocycles. The highest BCUT2D eigenvalue weighted by Gasteiger charge is 2.18. The quantitative estimate of drug-likeness (QED) is 0.778. The van der Waals surface area contributed by atoms with E-state index in [2.05, 4.69) is 10.3 Å². The Bertz CT molecular complexity index is 837. The normalized spacial score (nSPS) is 14.9. The van der Waals surface area contributed by atoms with E-state index in [0.717, 1.165) is 38.5 Å². The number of carboxylic acids is 1. The van der Waals surface area contributed by atoms with Crippen LogP contribution in [0.25, 0.3) is 0 Å². The van der Waals surface area contributed by atoms with Crippen molar-refractivity contribution in [1.29, 1.82) is 0 Å². The van der Waals surface area contributed by atoms with E-state index in [1.165, 1.54) is 11.3 Å². The summed E-state index contributed by atoms with van der Waals surface area (Å²) in [6.07, 6.45) is 3.47. The van der Waals surface area contributed by atoms with Crippen molar-refractivity contribution in [2.45, 2.75) is 37.2 Å². The van der Waals surface area contributed by atoms with Gasteiger partial charge in [0.05, 0.1) is 15.6 Å². The highest BCUT2D eigenvalue weighted by atomic mass is 32.2. The van der Waals surface area contributed by atoms with Crippen molar-refractivity contribution in [3.8, 4) is 5.75 Å². The minimum Gasteiger partial charge on any atom is -0.487 e. The maximum Gasteiger partial charge on any atom is 0.300 e. The van der Waals surface area contributed by atoms with E-state index in [0.29, 0.717) is 23.2 Å². The lowest BCUT2D eigenvalue weighted by Gasteiger charge is -2.20. The van der Waals surface area contributed by atoms with Crippen molar-refractivity contribution < 1.29 is 23.1 Å². The summed E-state index contributed by atoms with van der Waals surface area (Å²) in [7, 11) is -3.17. The standard InChI is InChI=1S/C16H20N2O3S2.C2H4O2/c1-23(19,20)15-4-2-14(3-5-15)21-10-13-11-22-16(18-13)12-6-8-17-9-7-12;1-2(3)4/h2-5,11-12,17H,6-10H2,1H3;1H3,(H,3,4). The second-order valence-electron chi connectivity index (χ2n) is 6.25. The molecule has 0 unspecified atom stereocenters.